The third-order valence-corrected chi connectivity index (χ3v) is 9.78. The van der Waals surface area contributed by atoms with Gasteiger partial charge in [-0.05, 0) is 70.6 Å². The number of carbonyl (C=O) groups is 2. The topological polar surface area (TPSA) is 113 Å². The van der Waals surface area contributed by atoms with E-state index in [4.69, 9.17) is 27.9 Å². The fourth-order valence-electron chi connectivity index (χ4n) is 4.40. The summed E-state index contributed by atoms with van der Waals surface area (Å²) in [6.07, 6.45) is 5.05. The number of unbranched alkanes of at least 4 members (excludes halogenated alkanes) is 3. The average Bonchev–Trinajstić information content (AvgIpc) is 2.97. The van der Waals surface area contributed by atoms with E-state index in [9.17, 15) is 9.59 Å². The van der Waals surface area contributed by atoms with Crippen molar-refractivity contribution in [3.63, 3.8) is 0 Å². The van der Waals surface area contributed by atoms with Gasteiger partial charge in [0, 0.05) is 37.0 Å². The zero-order valence-corrected chi connectivity index (χ0v) is 26.0. The molecule has 1 atom stereocenters. The van der Waals surface area contributed by atoms with Crippen molar-refractivity contribution in [3.05, 3.63) is 59.9 Å². The Balaban J connectivity index is 1.85. The van der Waals surface area contributed by atoms with Gasteiger partial charge in [-0.3, -0.25) is 0 Å². The number of hydrogen-bond acceptors (Lipinski definition) is 7. The van der Waals surface area contributed by atoms with Crippen LogP contribution in [0.3, 0.4) is 0 Å². The summed E-state index contributed by atoms with van der Waals surface area (Å²) in [5, 5.41) is 11.8. The highest BCUT2D eigenvalue weighted by Crippen LogP contribution is 2.35. The second-order valence-corrected chi connectivity index (χ2v) is 12.1. The van der Waals surface area contributed by atoms with Crippen molar-refractivity contribution in [2.75, 3.05) is 33.0 Å². The van der Waals surface area contributed by atoms with Crippen LogP contribution in [0, 0.1) is 5.82 Å². The van der Waals surface area contributed by atoms with E-state index < -0.39 is 32.3 Å². The number of nitrogens with one attached hydrogen (secondary N) is 1. The number of benzene rings is 2. The molecule has 9 nitrogen and oxygen atoms in total. The molecular formula is C31H44FNO8Si. The summed E-state index contributed by atoms with van der Waals surface area (Å²) < 4.78 is 44.3. The zero-order chi connectivity index (χ0) is 30.8. The molecule has 0 saturated heterocycles. The number of carboxylic acids is 1. The molecule has 232 valence electrons. The van der Waals surface area contributed by atoms with Crippen LogP contribution in [0.4, 0.5) is 9.18 Å². The minimum Gasteiger partial charge on any atom is -0.490 e. The van der Waals surface area contributed by atoms with E-state index in [1.54, 1.807) is 6.07 Å². The first-order valence-electron chi connectivity index (χ1n) is 14.6. The van der Waals surface area contributed by atoms with Gasteiger partial charge in [0.1, 0.15) is 5.67 Å². The number of alkyl carbamates (subject to hydrolysis) is 1. The molecule has 11 heteroatoms. The van der Waals surface area contributed by atoms with Gasteiger partial charge in [-0.2, -0.15) is 0 Å². The number of rotatable bonds is 20. The highest BCUT2D eigenvalue weighted by atomic mass is 28.4. The lowest BCUT2D eigenvalue weighted by atomic mass is 10.0. The van der Waals surface area contributed by atoms with E-state index >= 15 is 4.39 Å². The van der Waals surface area contributed by atoms with Gasteiger partial charge in [0.05, 0.1) is 13.2 Å². The normalized spacial score (nSPS) is 12.3. The van der Waals surface area contributed by atoms with Crippen LogP contribution in [0.5, 0.6) is 5.75 Å². The Bertz CT molecular complexity index is 1110. The first kappa shape index (κ1) is 34.9. The molecule has 0 radical (unpaired) electrons. The van der Waals surface area contributed by atoms with Gasteiger partial charge in [0.2, 0.25) is 0 Å². The number of carbonyl (C=O) groups excluding carboxylic acids is 1. The molecule has 0 aromatic heterocycles. The molecular weight excluding hydrogens is 561 g/mol. The second kappa shape index (κ2) is 19.0. The van der Waals surface area contributed by atoms with E-state index in [1.807, 2.05) is 58.0 Å². The minimum atomic E-state index is -3.11. The number of carboxylic acid groups (broad SMARTS) is 1. The molecule has 0 aliphatic heterocycles. The largest absolute Gasteiger partial charge is 0.524 e. The molecule has 0 bridgehead atoms. The van der Waals surface area contributed by atoms with Gasteiger partial charge < -0.3 is 33.2 Å². The Morgan fingerprint density at radius 2 is 1.52 bits per heavy atom. The highest BCUT2D eigenvalue weighted by Gasteiger charge is 2.49. The average molecular weight is 606 g/mol. The number of hydrogen-bond donors (Lipinski definition) is 2. The second-order valence-electron chi connectivity index (χ2n) is 9.29. The summed E-state index contributed by atoms with van der Waals surface area (Å²) in [6.45, 7) is 9.30. The Kier molecular flexibility index (Phi) is 15.8. The molecule has 1 unspecified atom stereocenters. The fourth-order valence-corrected chi connectivity index (χ4v) is 7.25. The van der Waals surface area contributed by atoms with Crippen LogP contribution in [0.15, 0.2) is 48.5 Å². The van der Waals surface area contributed by atoms with Crippen LogP contribution in [0.1, 0.15) is 65.4 Å². The van der Waals surface area contributed by atoms with Crippen molar-refractivity contribution in [2.24, 2.45) is 0 Å². The maximum absolute atomic E-state index is 15.3. The summed E-state index contributed by atoms with van der Waals surface area (Å²) in [4.78, 5) is 23.4. The SMILES string of the molecule is CCO[Si](OCC)(OCC)C(CC)NC(=O)OCCCCCCOc1c(-c2ccccc2)ccc(/C=C/C(=O)O)c1F. The van der Waals surface area contributed by atoms with E-state index in [0.29, 0.717) is 44.6 Å². The van der Waals surface area contributed by atoms with E-state index in [1.165, 1.54) is 12.1 Å². The summed E-state index contributed by atoms with van der Waals surface area (Å²) in [5.74, 6) is -1.68. The van der Waals surface area contributed by atoms with Crippen molar-refractivity contribution in [1.82, 2.24) is 5.32 Å². The minimum absolute atomic E-state index is 0.0880. The zero-order valence-electron chi connectivity index (χ0n) is 25.0. The Labute approximate surface area is 249 Å². The molecule has 0 saturated carbocycles. The van der Waals surface area contributed by atoms with Gasteiger partial charge >= 0.3 is 20.9 Å². The molecule has 2 aromatic carbocycles. The molecule has 0 spiro atoms. The van der Waals surface area contributed by atoms with E-state index in [-0.39, 0.29) is 24.5 Å². The summed E-state index contributed by atoms with van der Waals surface area (Å²) >= 11 is 0. The third kappa shape index (κ3) is 10.9. The van der Waals surface area contributed by atoms with Crippen molar-refractivity contribution in [3.8, 4) is 16.9 Å². The van der Waals surface area contributed by atoms with Crippen LogP contribution in [-0.2, 0) is 22.8 Å². The summed E-state index contributed by atoms with van der Waals surface area (Å²) in [5.41, 5.74) is 1.11. The monoisotopic (exact) mass is 605 g/mol. The van der Waals surface area contributed by atoms with Gasteiger partial charge in [0.15, 0.2) is 11.6 Å². The number of aliphatic carboxylic acids is 1. The maximum atomic E-state index is 15.3. The Morgan fingerprint density at radius 3 is 2.10 bits per heavy atom. The fraction of sp³-hybridized carbons (Fsp3) is 0.484. The van der Waals surface area contributed by atoms with Gasteiger partial charge in [-0.25, -0.2) is 14.0 Å². The van der Waals surface area contributed by atoms with Crippen molar-refractivity contribution in [1.29, 1.82) is 0 Å². The predicted octanol–water partition coefficient (Wildman–Crippen LogP) is 6.62. The first-order valence-corrected chi connectivity index (χ1v) is 16.4. The van der Waals surface area contributed by atoms with E-state index in [2.05, 4.69) is 5.32 Å². The molecule has 2 N–H and O–H groups in total. The standard InChI is InChI=1S/C31H44FNO8Si/c1-5-27(42(39-6-2,40-7-3)41-8-4)33-31(36)38-23-15-10-9-14-22-37-30-26(24-16-12-11-13-17-24)20-18-25(29(30)32)19-21-28(34)35/h11-13,16-21,27H,5-10,14-15,22-23H2,1-4H3,(H,33,36)(H,34,35)/b21-19+. The molecule has 0 aliphatic carbocycles. The number of ether oxygens (including phenoxy) is 2. The highest BCUT2D eigenvalue weighted by molar-refractivity contribution is 6.62. The van der Waals surface area contributed by atoms with Crippen LogP contribution < -0.4 is 10.1 Å². The van der Waals surface area contributed by atoms with Crippen molar-refractivity contribution in [2.45, 2.75) is 65.5 Å². The lowest BCUT2D eigenvalue weighted by Crippen LogP contribution is -2.62. The van der Waals surface area contributed by atoms with Crippen LogP contribution in [-0.4, -0.2) is 64.7 Å². The van der Waals surface area contributed by atoms with Crippen LogP contribution >= 0.6 is 0 Å². The maximum Gasteiger partial charge on any atom is 0.524 e. The van der Waals surface area contributed by atoms with Crippen LogP contribution in [0.2, 0.25) is 0 Å². The molecule has 0 fully saturated rings. The van der Waals surface area contributed by atoms with Crippen LogP contribution in [0.25, 0.3) is 17.2 Å². The Morgan fingerprint density at radius 1 is 0.905 bits per heavy atom. The molecule has 1 amide bonds. The summed E-state index contributed by atoms with van der Waals surface area (Å²) in [6, 6.07) is 12.6. The van der Waals surface area contributed by atoms with Gasteiger partial charge in [0.25, 0.3) is 0 Å². The molecule has 2 aromatic rings. The lowest BCUT2D eigenvalue weighted by Gasteiger charge is -2.34. The Hall–Kier alpha value is -3.25. The molecule has 42 heavy (non-hydrogen) atoms. The molecule has 0 aliphatic rings. The number of halogens is 1. The lowest BCUT2D eigenvalue weighted by molar-refractivity contribution is -0.131. The van der Waals surface area contributed by atoms with Crippen molar-refractivity contribution < 1.29 is 41.8 Å². The first-order chi connectivity index (χ1) is 20.3. The molecule has 0 heterocycles. The predicted molar refractivity (Wildman–Crippen MR) is 162 cm³/mol. The molecule has 2 rings (SSSR count). The van der Waals surface area contributed by atoms with Crippen molar-refractivity contribution >= 4 is 26.9 Å². The van der Waals surface area contributed by atoms with Gasteiger partial charge in [-0.15, -0.1) is 0 Å². The van der Waals surface area contributed by atoms with Gasteiger partial charge in [-0.1, -0.05) is 43.3 Å². The van der Waals surface area contributed by atoms with E-state index in [0.717, 1.165) is 24.5 Å². The smallest absolute Gasteiger partial charge is 0.490 e. The number of amides is 1. The summed E-state index contributed by atoms with van der Waals surface area (Å²) in [7, 11) is -3.11. The third-order valence-electron chi connectivity index (χ3n) is 6.30. The quantitative estimate of drug-likeness (QED) is 0.0984.